The first-order valence-electron chi connectivity index (χ1n) is 7.79. The van der Waals surface area contributed by atoms with Crippen molar-refractivity contribution < 1.29 is 4.79 Å². The number of nitrogens with one attached hydrogen (secondary N) is 1. The molecule has 0 bridgehead atoms. The number of halogens is 1. The minimum atomic E-state index is -0.000755. The monoisotopic (exact) mass is 374 g/mol. The van der Waals surface area contributed by atoms with Gasteiger partial charge in [0.1, 0.15) is 0 Å². The maximum atomic E-state index is 12.4. The highest BCUT2D eigenvalue weighted by Gasteiger charge is 2.15. The Hall–Kier alpha value is -1.65. The van der Waals surface area contributed by atoms with Crippen LogP contribution >= 0.6 is 15.9 Å². The van der Waals surface area contributed by atoms with E-state index >= 15 is 0 Å². The van der Waals surface area contributed by atoms with Gasteiger partial charge in [-0.15, -0.1) is 0 Å². The summed E-state index contributed by atoms with van der Waals surface area (Å²) in [5.41, 5.74) is 3.18. The van der Waals surface area contributed by atoms with E-state index in [-0.39, 0.29) is 5.91 Å². The first kappa shape index (κ1) is 17.7. The van der Waals surface area contributed by atoms with Crippen molar-refractivity contribution in [1.82, 2.24) is 4.90 Å². The molecule has 2 rings (SSSR count). The number of anilines is 1. The van der Waals surface area contributed by atoms with Crippen LogP contribution in [0.15, 0.2) is 53.0 Å². The van der Waals surface area contributed by atoms with Gasteiger partial charge in [0.2, 0.25) is 5.91 Å². The lowest BCUT2D eigenvalue weighted by Gasteiger charge is -2.26. The highest BCUT2D eigenvalue weighted by molar-refractivity contribution is 9.10. The van der Waals surface area contributed by atoms with Gasteiger partial charge < -0.3 is 5.32 Å². The summed E-state index contributed by atoms with van der Waals surface area (Å²) in [4.78, 5) is 14.5. The molecule has 0 heterocycles. The predicted molar refractivity (Wildman–Crippen MR) is 99.5 cm³/mol. The molecule has 23 heavy (non-hydrogen) atoms. The Bertz CT molecular complexity index is 656. The molecular weight excluding hydrogens is 352 g/mol. The van der Waals surface area contributed by atoms with Crippen LogP contribution < -0.4 is 5.32 Å². The van der Waals surface area contributed by atoms with Crippen molar-refractivity contribution in [1.29, 1.82) is 0 Å². The van der Waals surface area contributed by atoms with Gasteiger partial charge in [-0.05, 0) is 60.0 Å². The summed E-state index contributed by atoms with van der Waals surface area (Å²) in [5.74, 6) is -0.000755. The molecule has 0 spiro atoms. The lowest BCUT2D eigenvalue weighted by Crippen LogP contribution is -2.37. The average Bonchev–Trinajstić information content (AvgIpc) is 2.50. The molecule has 122 valence electrons. The van der Waals surface area contributed by atoms with Crippen molar-refractivity contribution in [3.63, 3.8) is 0 Å². The van der Waals surface area contributed by atoms with Crippen LogP contribution in [0.5, 0.6) is 0 Å². The first-order chi connectivity index (χ1) is 11.0. The van der Waals surface area contributed by atoms with Gasteiger partial charge in [-0.2, -0.15) is 0 Å². The highest BCUT2D eigenvalue weighted by Crippen LogP contribution is 2.23. The molecule has 2 aromatic rings. The number of amides is 1. The molecule has 0 aromatic heterocycles. The number of hydrogen-bond acceptors (Lipinski definition) is 2. The molecule has 0 aliphatic heterocycles. The van der Waals surface area contributed by atoms with Crippen LogP contribution in [0.3, 0.4) is 0 Å². The molecule has 0 atom stereocenters. The number of rotatable bonds is 6. The molecule has 1 N–H and O–H groups in total. The van der Waals surface area contributed by atoms with Crippen molar-refractivity contribution in [2.24, 2.45) is 0 Å². The van der Waals surface area contributed by atoms with E-state index in [4.69, 9.17) is 0 Å². The van der Waals surface area contributed by atoms with Gasteiger partial charge in [0.05, 0.1) is 12.2 Å². The fraction of sp³-hybridized carbons (Fsp3) is 0.316. The molecule has 0 aliphatic rings. The quantitative estimate of drug-likeness (QED) is 0.800. The van der Waals surface area contributed by atoms with Gasteiger partial charge in [0.15, 0.2) is 0 Å². The molecule has 0 fully saturated rings. The minimum absolute atomic E-state index is 0.000755. The summed E-state index contributed by atoms with van der Waals surface area (Å²) in [5, 5.41) is 2.98. The Morgan fingerprint density at radius 2 is 1.87 bits per heavy atom. The number of hydrogen-bond donors (Lipinski definition) is 1. The molecule has 0 saturated carbocycles. The molecule has 0 radical (unpaired) electrons. The number of carbonyl (C=O) groups excluding carboxylic acids is 1. The summed E-state index contributed by atoms with van der Waals surface area (Å²) in [6.07, 6.45) is 0. The SMILES string of the molecule is Cc1ccc(NC(=O)CN(Cc2ccccc2)C(C)C)c(Br)c1. The first-order valence-corrected chi connectivity index (χ1v) is 8.59. The number of carbonyl (C=O) groups is 1. The Balaban J connectivity index is 2.00. The molecule has 1 amide bonds. The van der Waals surface area contributed by atoms with E-state index in [2.05, 4.69) is 52.1 Å². The van der Waals surface area contributed by atoms with Gasteiger partial charge >= 0.3 is 0 Å². The van der Waals surface area contributed by atoms with Gasteiger partial charge in [-0.1, -0.05) is 36.4 Å². The second-order valence-corrected chi connectivity index (χ2v) is 6.87. The molecule has 4 heteroatoms. The van der Waals surface area contributed by atoms with E-state index < -0.39 is 0 Å². The predicted octanol–water partition coefficient (Wildman–Crippen LogP) is 4.61. The van der Waals surface area contributed by atoms with Crippen LogP contribution in [-0.4, -0.2) is 23.4 Å². The minimum Gasteiger partial charge on any atom is -0.324 e. The van der Waals surface area contributed by atoms with Gasteiger partial charge in [-0.3, -0.25) is 9.69 Å². The van der Waals surface area contributed by atoms with Gasteiger partial charge in [0.25, 0.3) is 0 Å². The van der Waals surface area contributed by atoms with Crippen LogP contribution in [0, 0.1) is 6.92 Å². The van der Waals surface area contributed by atoms with E-state index in [0.717, 1.165) is 22.3 Å². The van der Waals surface area contributed by atoms with Crippen LogP contribution in [0.2, 0.25) is 0 Å². The van der Waals surface area contributed by atoms with Crippen molar-refractivity contribution in [2.45, 2.75) is 33.4 Å². The van der Waals surface area contributed by atoms with Crippen molar-refractivity contribution in [3.05, 3.63) is 64.1 Å². The van der Waals surface area contributed by atoms with Gasteiger partial charge in [0, 0.05) is 17.1 Å². The van der Waals surface area contributed by atoms with Crippen molar-refractivity contribution in [3.8, 4) is 0 Å². The Morgan fingerprint density at radius 3 is 2.48 bits per heavy atom. The Morgan fingerprint density at radius 1 is 1.17 bits per heavy atom. The number of aryl methyl sites for hydroxylation is 1. The normalized spacial score (nSPS) is 11.0. The maximum absolute atomic E-state index is 12.4. The third-order valence-electron chi connectivity index (χ3n) is 3.70. The molecule has 2 aromatic carbocycles. The van der Waals surface area contributed by atoms with E-state index in [1.54, 1.807) is 0 Å². The summed E-state index contributed by atoms with van der Waals surface area (Å²) in [7, 11) is 0. The number of benzene rings is 2. The maximum Gasteiger partial charge on any atom is 0.238 e. The number of nitrogens with zero attached hydrogens (tertiary/aromatic N) is 1. The summed E-state index contributed by atoms with van der Waals surface area (Å²) in [6.45, 7) is 7.38. The van der Waals surface area contributed by atoms with E-state index in [1.807, 2.05) is 43.3 Å². The van der Waals surface area contributed by atoms with E-state index in [1.165, 1.54) is 5.56 Å². The summed E-state index contributed by atoms with van der Waals surface area (Å²) in [6, 6.07) is 16.4. The standard InChI is InChI=1S/C19H23BrN2O/c1-14(2)22(12-16-7-5-4-6-8-16)13-19(23)21-18-10-9-15(3)11-17(18)20/h4-11,14H,12-13H2,1-3H3,(H,21,23). The van der Waals surface area contributed by atoms with Crippen LogP contribution in [0.1, 0.15) is 25.0 Å². The fourth-order valence-electron chi connectivity index (χ4n) is 2.33. The molecular formula is C19H23BrN2O. The smallest absolute Gasteiger partial charge is 0.238 e. The fourth-order valence-corrected chi connectivity index (χ4v) is 2.93. The topological polar surface area (TPSA) is 32.3 Å². The van der Waals surface area contributed by atoms with Crippen molar-refractivity contribution >= 4 is 27.5 Å². The van der Waals surface area contributed by atoms with E-state index in [9.17, 15) is 4.79 Å². The Kier molecular flexibility index (Phi) is 6.37. The third kappa shape index (κ3) is 5.48. The van der Waals surface area contributed by atoms with Crippen molar-refractivity contribution in [2.75, 3.05) is 11.9 Å². The summed E-state index contributed by atoms with van der Waals surface area (Å²) < 4.78 is 0.907. The zero-order chi connectivity index (χ0) is 16.8. The molecule has 0 saturated heterocycles. The third-order valence-corrected chi connectivity index (χ3v) is 4.36. The second-order valence-electron chi connectivity index (χ2n) is 6.02. The molecule has 0 aliphatic carbocycles. The zero-order valence-corrected chi connectivity index (χ0v) is 15.4. The Labute approximate surface area is 146 Å². The molecule has 3 nitrogen and oxygen atoms in total. The van der Waals surface area contributed by atoms with E-state index in [0.29, 0.717) is 12.6 Å². The lowest BCUT2D eigenvalue weighted by molar-refractivity contribution is -0.117. The summed E-state index contributed by atoms with van der Waals surface area (Å²) >= 11 is 3.50. The average molecular weight is 375 g/mol. The molecule has 0 unspecified atom stereocenters. The zero-order valence-electron chi connectivity index (χ0n) is 13.8. The van der Waals surface area contributed by atoms with Crippen LogP contribution in [0.4, 0.5) is 5.69 Å². The van der Waals surface area contributed by atoms with Crippen LogP contribution in [-0.2, 0) is 11.3 Å². The highest BCUT2D eigenvalue weighted by atomic mass is 79.9. The lowest BCUT2D eigenvalue weighted by atomic mass is 10.2. The van der Waals surface area contributed by atoms with Crippen LogP contribution in [0.25, 0.3) is 0 Å². The second kappa shape index (κ2) is 8.27. The van der Waals surface area contributed by atoms with Gasteiger partial charge in [-0.25, -0.2) is 0 Å². The largest absolute Gasteiger partial charge is 0.324 e.